The molecular weight excluding hydrogens is 287 g/mol. The molecule has 0 heterocycles. The lowest BCUT2D eigenvalue weighted by Gasteiger charge is -2.38. The second kappa shape index (κ2) is 4.73. The van der Waals surface area contributed by atoms with Gasteiger partial charge in [-0.15, -0.1) is 0 Å². The van der Waals surface area contributed by atoms with Crippen molar-refractivity contribution >= 4 is 15.8 Å². The summed E-state index contributed by atoms with van der Waals surface area (Å²) in [4.78, 5) is 11.0. The third-order valence-electron chi connectivity index (χ3n) is 3.79. The number of ether oxygens (including phenoxy) is 1. The van der Waals surface area contributed by atoms with Crippen LogP contribution in [0.3, 0.4) is 0 Å². The molecule has 1 saturated carbocycles. The van der Waals surface area contributed by atoms with Crippen LogP contribution in [0.15, 0.2) is 17.0 Å². The predicted molar refractivity (Wildman–Crippen MR) is 69.2 cm³/mol. The van der Waals surface area contributed by atoms with Crippen molar-refractivity contribution in [3.63, 3.8) is 0 Å². The fourth-order valence-corrected chi connectivity index (χ4v) is 3.22. The third kappa shape index (κ3) is 2.15. The van der Waals surface area contributed by atoms with Crippen LogP contribution in [0.5, 0.6) is 5.75 Å². The fourth-order valence-electron chi connectivity index (χ4n) is 2.49. The first kappa shape index (κ1) is 14.8. The lowest BCUT2D eigenvalue weighted by Crippen LogP contribution is -2.42. The molecule has 1 aliphatic rings. The zero-order chi connectivity index (χ0) is 15.1. The number of carboxylic acids is 1. The molecule has 2 rings (SSSR count). The molecule has 0 atom stereocenters. The lowest BCUT2D eigenvalue weighted by atomic mass is 9.64. The zero-order valence-electron chi connectivity index (χ0n) is 11.1. The summed E-state index contributed by atoms with van der Waals surface area (Å²) in [6, 6.07) is 2.03. The highest BCUT2D eigenvalue weighted by atomic mass is 32.2. The van der Waals surface area contributed by atoms with E-state index in [2.05, 4.69) is 0 Å². The van der Waals surface area contributed by atoms with Crippen LogP contribution in [0.25, 0.3) is 0 Å². The van der Waals surface area contributed by atoms with Crippen molar-refractivity contribution < 1.29 is 27.4 Å². The lowest BCUT2D eigenvalue weighted by molar-refractivity contribution is -0.147. The molecule has 7 heteroatoms. The molecule has 0 saturated heterocycles. The number of hydrogen-bond donors (Lipinski definition) is 1. The second-order valence-electron chi connectivity index (χ2n) is 5.00. The Hall–Kier alpha value is -1.63. The van der Waals surface area contributed by atoms with Crippen LogP contribution < -0.4 is 4.74 Å². The van der Waals surface area contributed by atoms with Gasteiger partial charge >= 0.3 is 5.97 Å². The van der Waals surface area contributed by atoms with Crippen LogP contribution in [0.2, 0.25) is 0 Å². The number of sulfone groups is 1. The minimum atomic E-state index is -3.74. The van der Waals surface area contributed by atoms with Crippen LogP contribution in [-0.4, -0.2) is 32.9 Å². The van der Waals surface area contributed by atoms with Crippen molar-refractivity contribution in [3.8, 4) is 5.75 Å². The van der Waals surface area contributed by atoms with Crippen LogP contribution in [0.1, 0.15) is 24.8 Å². The van der Waals surface area contributed by atoms with Gasteiger partial charge in [0.1, 0.15) is 16.5 Å². The van der Waals surface area contributed by atoms with Crippen molar-refractivity contribution in [2.24, 2.45) is 0 Å². The van der Waals surface area contributed by atoms with Gasteiger partial charge in [0, 0.05) is 17.9 Å². The summed E-state index contributed by atoms with van der Waals surface area (Å²) in [5.41, 5.74) is -0.981. The Kier molecular flexibility index (Phi) is 3.49. The number of hydrogen-bond acceptors (Lipinski definition) is 4. The highest BCUT2D eigenvalue weighted by Gasteiger charge is 2.48. The molecule has 0 unspecified atom stereocenters. The van der Waals surface area contributed by atoms with Crippen molar-refractivity contribution in [3.05, 3.63) is 23.5 Å². The molecule has 0 bridgehead atoms. The van der Waals surface area contributed by atoms with E-state index < -0.39 is 31.9 Å². The Morgan fingerprint density at radius 1 is 1.40 bits per heavy atom. The highest BCUT2D eigenvalue weighted by molar-refractivity contribution is 7.90. The summed E-state index contributed by atoms with van der Waals surface area (Å²) in [5, 5.41) is 9.38. The van der Waals surface area contributed by atoms with E-state index in [1.807, 2.05) is 0 Å². The monoisotopic (exact) mass is 302 g/mol. The van der Waals surface area contributed by atoms with Gasteiger partial charge in [-0.3, -0.25) is 4.79 Å². The Balaban J connectivity index is 2.67. The molecule has 0 spiro atoms. The standard InChI is InChI=1S/C13H15FO5S/c1-19-10-7-11(20(2,17)18)9(14)6-8(10)13(12(15)16)4-3-5-13/h6-7H,3-5H2,1-2H3,(H,15,16). The van der Waals surface area contributed by atoms with Crippen molar-refractivity contribution in [1.82, 2.24) is 0 Å². The average Bonchev–Trinajstić information content (AvgIpc) is 2.25. The van der Waals surface area contributed by atoms with Gasteiger partial charge < -0.3 is 9.84 Å². The van der Waals surface area contributed by atoms with Gasteiger partial charge in [-0.2, -0.15) is 0 Å². The van der Waals surface area contributed by atoms with Crippen LogP contribution in [0, 0.1) is 5.82 Å². The van der Waals surface area contributed by atoms with E-state index in [9.17, 15) is 22.7 Å². The molecule has 1 aromatic rings. The molecule has 0 amide bonds. The molecular formula is C13H15FO5S. The van der Waals surface area contributed by atoms with Crippen LogP contribution in [0.4, 0.5) is 4.39 Å². The molecule has 1 N–H and O–H groups in total. The molecule has 5 nitrogen and oxygen atoms in total. The quantitative estimate of drug-likeness (QED) is 0.916. The van der Waals surface area contributed by atoms with E-state index in [4.69, 9.17) is 4.74 Å². The van der Waals surface area contributed by atoms with Gasteiger partial charge in [-0.05, 0) is 18.9 Å². The molecule has 20 heavy (non-hydrogen) atoms. The number of methoxy groups -OCH3 is 1. The first-order chi connectivity index (χ1) is 9.22. The molecule has 0 radical (unpaired) electrons. The van der Waals surface area contributed by atoms with Crippen molar-refractivity contribution in [2.75, 3.05) is 13.4 Å². The van der Waals surface area contributed by atoms with E-state index in [0.717, 1.165) is 24.8 Å². The van der Waals surface area contributed by atoms with Gasteiger partial charge in [0.15, 0.2) is 9.84 Å². The normalized spacial score (nSPS) is 17.4. The number of halogens is 1. The van der Waals surface area contributed by atoms with E-state index >= 15 is 0 Å². The van der Waals surface area contributed by atoms with Gasteiger partial charge in [0.25, 0.3) is 0 Å². The number of benzene rings is 1. The van der Waals surface area contributed by atoms with E-state index in [1.54, 1.807) is 0 Å². The first-order valence-electron chi connectivity index (χ1n) is 6.04. The molecule has 0 aromatic heterocycles. The Bertz CT molecular complexity index is 662. The van der Waals surface area contributed by atoms with Crippen LogP contribution in [-0.2, 0) is 20.0 Å². The summed E-state index contributed by atoms with van der Waals surface area (Å²) in [5.74, 6) is -1.90. The van der Waals surface area contributed by atoms with Gasteiger partial charge in [-0.1, -0.05) is 6.42 Å². The van der Waals surface area contributed by atoms with Crippen molar-refractivity contribution in [1.29, 1.82) is 0 Å². The Morgan fingerprint density at radius 2 is 2.00 bits per heavy atom. The smallest absolute Gasteiger partial charge is 0.314 e. The molecule has 110 valence electrons. The summed E-state index contributed by atoms with van der Waals surface area (Å²) in [6.45, 7) is 0. The first-order valence-corrected chi connectivity index (χ1v) is 7.93. The van der Waals surface area contributed by atoms with E-state index in [1.165, 1.54) is 7.11 Å². The summed E-state index contributed by atoms with van der Waals surface area (Å²) >= 11 is 0. The molecule has 1 aromatic carbocycles. The number of carbonyl (C=O) groups is 1. The molecule has 0 aliphatic heterocycles. The van der Waals surface area contributed by atoms with Crippen LogP contribution >= 0.6 is 0 Å². The molecule has 1 aliphatic carbocycles. The van der Waals surface area contributed by atoms with E-state index in [0.29, 0.717) is 12.8 Å². The SMILES string of the molecule is COc1cc(S(C)(=O)=O)c(F)cc1C1(C(=O)O)CCC1. The third-order valence-corrected chi connectivity index (χ3v) is 4.90. The zero-order valence-corrected chi connectivity index (χ0v) is 12.0. The maximum absolute atomic E-state index is 14.0. The van der Waals surface area contributed by atoms with E-state index in [-0.39, 0.29) is 11.3 Å². The maximum Gasteiger partial charge on any atom is 0.314 e. The fraction of sp³-hybridized carbons (Fsp3) is 0.462. The largest absolute Gasteiger partial charge is 0.496 e. The van der Waals surface area contributed by atoms with Gasteiger partial charge in [0.2, 0.25) is 0 Å². The summed E-state index contributed by atoms with van der Waals surface area (Å²) in [6.07, 6.45) is 2.39. The van der Waals surface area contributed by atoms with Gasteiger partial charge in [0.05, 0.1) is 12.5 Å². The average molecular weight is 302 g/mol. The second-order valence-corrected chi connectivity index (χ2v) is 6.98. The maximum atomic E-state index is 14.0. The molecule has 1 fully saturated rings. The Morgan fingerprint density at radius 3 is 2.35 bits per heavy atom. The van der Waals surface area contributed by atoms with Crippen molar-refractivity contribution in [2.45, 2.75) is 29.6 Å². The summed E-state index contributed by atoms with van der Waals surface area (Å²) in [7, 11) is -2.44. The summed E-state index contributed by atoms with van der Waals surface area (Å²) < 4.78 is 42.0. The van der Waals surface area contributed by atoms with Gasteiger partial charge in [-0.25, -0.2) is 12.8 Å². The predicted octanol–water partition coefficient (Wildman–Crippen LogP) is 1.74. The Labute approximate surface area is 116 Å². The number of carboxylic acid groups (broad SMARTS) is 1. The minimum absolute atomic E-state index is 0.0916. The highest BCUT2D eigenvalue weighted by Crippen LogP contribution is 2.48. The topological polar surface area (TPSA) is 80.7 Å². The minimum Gasteiger partial charge on any atom is -0.496 e. The number of aliphatic carboxylic acids is 1. The number of rotatable bonds is 4.